The summed E-state index contributed by atoms with van der Waals surface area (Å²) in [7, 11) is 1.88. The van der Waals surface area contributed by atoms with E-state index in [9.17, 15) is 10.2 Å². The number of nitrogens with zero attached hydrogens (tertiary/aromatic N) is 2. The van der Waals surface area contributed by atoms with Gasteiger partial charge in [-0.05, 0) is 32.9 Å². The fourth-order valence-electron chi connectivity index (χ4n) is 2.26. The number of hydrogen-bond donors (Lipinski definition) is 3. The second kappa shape index (κ2) is 4.84. The Kier molecular flexibility index (Phi) is 3.38. The highest BCUT2D eigenvalue weighted by atomic mass is 16.3. The van der Waals surface area contributed by atoms with Crippen molar-refractivity contribution in [2.45, 2.75) is 26.8 Å². The smallest absolute Gasteiger partial charge is 0.124 e. The van der Waals surface area contributed by atoms with Crippen LogP contribution in [0, 0.1) is 13.8 Å². The molecule has 3 N–H and O–H groups in total. The van der Waals surface area contributed by atoms with Gasteiger partial charge in [-0.15, -0.1) is 0 Å². The molecule has 0 radical (unpaired) electrons. The van der Waals surface area contributed by atoms with E-state index in [0.717, 1.165) is 17.1 Å². The topological polar surface area (TPSA) is 70.3 Å². The predicted molar refractivity (Wildman–Crippen MR) is 74.5 cm³/mol. The minimum Gasteiger partial charge on any atom is -0.507 e. The Morgan fingerprint density at radius 1 is 1.21 bits per heavy atom. The van der Waals surface area contributed by atoms with E-state index in [4.69, 9.17) is 0 Å². The van der Waals surface area contributed by atoms with Crippen molar-refractivity contribution in [1.29, 1.82) is 0 Å². The second-order valence-electron chi connectivity index (χ2n) is 4.75. The van der Waals surface area contributed by atoms with Gasteiger partial charge in [0.2, 0.25) is 0 Å². The SMILES string of the molecule is Cc1nn(C)c(C)c1NC(C)c1c(O)cccc1O. The zero-order valence-corrected chi connectivity index (χ0v) is 11.6. The molecule has 0 aliphatic rings. The highest BCUT2D eigenvalue weighted by Crippen LogP contribution is 2.35. The van der Waals surface area contributed by atoms with Crippen molar-refractivity contribution < 1.29 is 10.2 Å². The lowest BCUT2D eigenvalue weighted by atomic mass is 10.1. The lowest BCUT2D eigenvalue weighted by molar-refractivity contribution is 0.434. The summed E-state index contributed by atoms with van der Waals surface area (Å²) in [5, 5.41) is 27.4. The molecule has 0 bridgehead atoms. The van der Waals surface area contributed by atoms with Gasteiger partial charge in [-0.2, -0.15) is 5.10 Å². The predicted octanol–water partition coefficient (Wildman–Crippen LogP) is 2.62. The zero-order valence-electron chi connectivity index (χ0n) is 11.6. The molecule has 2 aromatic rings. The van der Waals surface area contributed by atoms with Crippen LogP contribution in [-0.4, -0.2) is 20.0 Å². The molecule has 0 spiro atoms. The fraction of sp³-hybridized carbons (Fsp3) is 0.357. The van der Waals surface area contributed by atoms with Gasteiger partial charge in [0.05, 0.1) is 28.7 Å². The molecular formula is C14H19N3O2. The van der Waals surface area contributed by atoms with Crippen molar-refractivity contribution >= 4 is 5.69 Å². The minimum absolute atomic E-state index is 0.0826. The van der Waals surface area contributed by atoms with E-state index in [1.807, 2.05) is 27.8 Å². The largest absolute Gasteiger partial charge is 0.507 e. The number of anilines is 1. The van der Waals surface area contributed by atoms with Gasteiger partial charge in [0.1, 0.15) is 11.5 Å². The summed E-state index contributed by atoms with van der Waals surface area (Å²) in [6.45, 7) is 5.78. The third-order valence-corrected chi connectivity index (χ3v) is 3.36. The van der Waals surface area contributed by atoms with Crippen LogP contribution in [0.5, 0.6) is 11.5 Å². The van der Waals surface area contributed by atoms with Crippen molar-refractivity contribution in [3.05, 3.63) is 35.2 Å². The lowest BCUT2D eigenvalue weighted by Crippen LogP contribution is -2.08. The number of rotatable bonds is 3. The van der Waals surface area contributed by atoms with E-state index < -0.39 is 0 Å². The number of hydrogen-bond acceptors (Lipinski definition) is 4. The summed E-state index contributed by atoms with van der Waals surface area (Å²) in [4.78, 5) is 0. The molecule has 0 amide bonds. The average Bonchev–Trinajstić information content (AvgIpc) is 2.56. The zero-order chi connectivity index (χ0) is 14.2. The maximum atomic E-state index is 9.86. The van der Waals surface area contributed by atoms with Crippen LogP contribution in [-0.2, 0) is 7.05 Å². The first-order chi connectivity index (χ1) is 8.91. The van der Waals surface area contributed by atoms with Crippen molar-refractivity contribution in [1.82, 2.24) is 9.78 Å². The van der Waals surface area contributed by atoms with Crippen LogP contribution in [0.3, 0.4) is 0 Å². The van der Waals surface area contributed by atoms with Gasteiger partial charge >= 0.3 is 0 Å². The quantitative estimate of drug-likeness (QED) is 0.794. The van der Waals surface area contributed by atoms with Gasteiger partial charge in [-0.25, -0.2) is 0 Å². The van der Waals surface area contributed by atoms with Crippen molar-refractivity contribution in [2.24, 2.45) is 7.05 Å². The highest BCUT2D eigenvalue weighted by molar-refractivity contribution is 5.56. The number of aromatic nitrogens is 2. The van der Waals surface area contributed by atoms with E-state index in [2.05, 4.69) is 10.4 Å². The monoisotopic (exact) mass is 261 g/mol. The summed E-state index contributed by atoms with van der Waals surface area (Å²) >= 11 is 0. The summed E-state index contributed by atoms with van der Waals surface area (Å²) in [6, 6.07) is 4.52. The molecule has 19 heavy (non-hydrogen) atoms. The summed E-state index contributed by atoms with van der Waals surface area (Å²) in [6.07, 6.45) is 0. The Hall–Kier alpha value is -2.17. The molecule has 0 fully saturated rings. The summed E-state index contributed by atoms with van der Waals surface area (Å²) < 4.78 is 1.80. The van der Waals surface area contributed by atoms with Crippen LogP contribution in [0.4, 0.5) is 5.69 Å². The number of phenols is 2. The first-order valence-corrected chi connectivity index (χ1v) is 6.19. The van der Waals surface area contributed by atoms with Crippen molar-refractivity contribution in [3.63, 3.8) is 0 Å². The molecule has 5 nitrogen and oxygen atoms in total. The molecule has 1 aromatic heterocycles. The summed E-state index contributed by atoms with van der Waals surface area (Å²) in [5.74, 6) is 0.165. The average molecular weight is 261 g/mol. The van der Waals surface area contributed by atoms with Crippen LogP contribution in [0.1, 0.15) is 29.9 Å². The van der Waals surface area contributed by atoms with E-state index in [1.54, 1.807) is 22.9 Å². The van der Waals surface area contributed by atoms with Gasteiger partial charge in [0.15, 0.2) is 0 Å². The molecule has 102 valence electrons. The van der Waals surface area contributed by atoms with Crippen LogP contribution < -0.4 is 5.32 Å². The molecule has 5 heteroatoms. The van der Waals surface area contributed by atoms with Gasteiger partial charge in [-0.1, -0.05) is 6.07 Å². The Labute approximate surface area is 112 Å². The van der Waals surface area contributed by atoms with Crippen LogP contribution in [0.15, 0.2) is 18.2 Å². The molecule has 1 unspecified atom stereocenters. The molecule has 1 aromatic carbocycles. The van der Waals surface area contributed by atoms with E-state index in [-0.39, 0.29) is 17.5 Å². The number of nitrogens with one attached hydrogen (secondary N) is 1. The Balaban J connectivity index is 2.33. The number of phenolic OH excluding ortho intramolecular Hbond substituents is 2. The molecule has 0 saturated carbocycles. The van der Waals surface area contributed by atoms with Crippen molar-refractivity contribution in [2.75, 3.05) is 5.32 Å². The first kappa shape index (κ1) is 13.3. The second-order valence-corrected chi connectivity index (χ2v) is 4.75. The third-order valence-electron chi connectivity index (χ3n) is 3.36. The minimum atomic E-state index is -0.220. The number of aromatic hydroxyl groups is 2. The normalized spacial score (nSPS) is 12.4. The van der Waals surface area contributed by atoms with E-state index in [0.29, 0.717) is 5.56 Å². The molecule has 2 rings (SSSR count). The molecule has 0 aliphatic carbocycles. The maximum Gasteiger partial charge on any atom is 0.124 e. The highest BCUT2D eigenvalue weighted by Gasteiger charge is 2.18. The van der Waals surface area contributed by atoms with E-state index >= 15 is 0 Å². The number of aryl methyl sites for hydroxylation is 2. The van der Waals surface area contributed by atoms with Gasteiger partial charge in [0.25, 0.3) is 0 Å². The molecule has 0 saturated heterocycles. The van der Waals surface area contributed by atoms with Gasteiger partial charge in [-0.3, -0.25) is 4.68 Å². The van der Waals surface area contributed by atoms with Crippen LogP contribution in [0.25, 0.3) is 0 Å². The summed E-state index contributed by atoms with van der Waals surface area (Å²) in [5.41, 5.74) is 3.32. The Bertz CT molecular complexity index is 585. The standard InChI is InChI=1S/C14H19N3O2/c1-8(13-11(18)6-5-7-12(13)19)15-14-9(2)16-17(4)10(14)3/h5-8,15,18-19H,1-4H3. The Morgan fingerprint density at radius 3 is 2.26 bits per heavy atom. The van der Waals surface area contributed by atoms with Crippen LogP contribution in [0.2, 0.25) is 0 Å². The molecule has 1 atom stereocenters. The molecular weight excluding hydrogens is 242 g/mol. The fourth-order valence-corrected chi connectivity index (χ4v) is 2.26. The molecule has 0 aliphatic heterocycles. The van der Waals surface area contributed by atoms with Crippen molar-refractivity contribution in [3.8, 4) is 11.5 Å². The molecule has 1 heterocycles. The first-order valence-electron chi connectivity index (χ1n) is 6.19. The van der Waals surface area contributed by atoms with Gasteiger partial charge in [0, 0.05) is 7.05 Å². The van der Waals surface area contributed by atoms with Gasteiger partial charge < -0.3 is 15.5 Å². The van der Waals surface area contributed by atoms with E-state index in [1.165, 1.54) is 0 Å². The Morgan fingerprint density at radius 2 is 1.79 bits per heavy atom. The van der Waals surface area contributed by atoms with Crippen LogP contribution >= 0.6 is 0 Å². The number of benzene rings is 1. The maximum absolute atomic E-state index is 9.86. The lowest BCUT2D eigenvalue weighted by Gasteiger charge is -2.18. The third kappa shape index (κ3) is 2.36.